The number of benzene rings is 2. The van der Waals surface area contributed by atoms with E-state index in [1.807, 2.05) is 31.2 Å². The molecule has 1 amide bonds. The molecule has 0 atom stereocenters. The molecule has 6 heteroatoms. The first kappa shape index (κ1) is 17.6. The van der Waals surface area contributed by atoms with E-state index in [-0.39, 0.29) is 5.91 Å². The summed E-state index contributed by atoms with van der Waals surface area (Å²) in [7, 11) is 1.56. The number of aliphatic imine (C=N–C) groups is 1. The normalized spacial score (nSPS) is 17.2. The van der Waals surface area contributed by atoms with Crippen LogP contribution in [0, 0.1) is 13.8 Å². The van der Waals surface area contributed by atoms with E-state index >= 15 is 0 Å². The summed E-state index contributed by atoms with van der Waals surface area (Å²) in [4.78, 5) is 17.3. The summed E-state index contributed by atoms with van der Waals surface area (Å²) in [5.74, 6) is 0.434. The van der Waals surface area contributed by atoms with Gasteiger partial charge in [0.05, 0.1) is 22.7 Å². The van der Waals surface area contributed by atoms with Crippen LogP contribution in [0.25, 0.3) is 6.08 Å². The van der Waals surface area contributed by atoms with E-state index in [0.29, 0.717) is 20.8 Å². The number of thioether (sulfide) groups is 1. The van der Waals surface area contributed by atoms with Crippen molar-refractivity contribution in [1.29, 1.82) is 0 Å². The number of nitrogens with one attached hydrogen (secondary N) is 1. The molecule has 2 aromatic carbocycles. The fourth-order valence-electron chi connectivity index (χ4n) is 2.32. The molecule has 1 aliphatic heterocycles. The number of methoxy groups -OCH3 is 1. The predicted octanol–water partition coefficient (Wildman–Crippen LogP) is 4.86. The monoisotopic (exact) mass is 372 g/mol. The number of carbonyl (C=O) groups is 1. The van der Waals surface area contributed by atoms with Crippen LogP contribution in [0.15, 0.2) is 46.3 Å². The Hall–Kier alpha value is -2.24. The molecule has 1 N–H and O–H groups in total. The summed E-state index contributed by atoms with van der Waals surface area (Å²) in [5, 5.41) is 3.86. The molecule has 0 radical (unpaired) electrons. The molecule has 0 saturated carbocycles. The van der Waals surface area contributed by atoms with Crippen molar-refractivity contribution >= 4 is 46.2 Å². The third-order valence-electron chi connectivity index (χ3n) is 3.85. The quantitative estimate of drug-likeness (QED) is 0.783. The van der Waals surface area contributed by atoms with Crippen LogP contribution in [0.5, 0.6) is 5.75 Å². The van der Waals surface area contributed by atoms with Gasteiger partial charge in [-0.15, -0.1) is 0 Å². The van der Waals surface area contributed by atoms with Crippen molar-refractivity contribution in [2.24, 2.45) is 4.99 Å². The topological polar surface area (TPSA) is 50.7 Å². The van der Waals surface area contributed by atoms with Crippen LogP contribution in [0.2, 0.25) is 5.02 Å². The second kappa shape index (κ2) is 7.33. The summed E-state index contributed by atoms with van der Waals surface area (Å²) in [5.41, 5.74) is 4.03. The number of hydrogen-bond donors (Lipinski definition) is 1. The van der Waals surface area contributed by atoms with Gasteiger partial charge in [0.2, 0.25) is 0 Å². The lowest BCUT2D eigenvalue weighted by Gasteiger charge is -2.03. The van der Waals surface area contributed by atoms with E-state index in [2.05, 4.69) is 17.2 Å². The lowest BCUT2D eigenvalue weighted by Crippen LogP contribution is -2.19. The zero-order valence-electron chi connectivity index (χ0n) is 14.1. The fraction of sp³-hybridized carbons (Fsp3) is 0.158. The van der Waals surface area contributed by atoms with Gasteiger partial charge in [0.25, 0.3) is 5.91 Å². The maximum Gasteiger partial charge on any atom is 0.264 e. The molecule has 1 saturated heterocycles. The van der Waals surface area contributed by atoms with Crippen molar-refractivity contribution in [2.75, 3.05) is 7.11 Å². The number of amides is 1. The number of hydrogen-bond acceptors (Lipinski definition) is 4. The average molecular weight is 373 g/mol. The number of aryl methyl sites for hydroxylation is 2. The van der Waals surface area contributed by atoms with Crippen LogP contribution in [0.1, 0.15) is 16.7 Å². The van der Waals surface area contributed by atoms with Gasteiger partial charge >= 0.3 is 0 Å². The number of halogens is 1. The van der Waals surface area contributed by atoms with E-state index in [1.54, 1.807) is 25.3 Å². The van der Waals surface area contributed by atoms with Crippen LogP contribution in [0.3, 0.4) is 0 Å². The first-order valence-electron chi connectivity index (χ1n) is 7.66. The lowest BCUT2D eigenvalue weighted by atomic mass is 10.1. The van der Waals surface area contributed by atoms with Crippen LogP contribution < -0.4 is 10.1 Å². The summed E-state index contributed by atoms with van der Waals surface area (Å²) >= 11 is 7.44. The van der Waals surface area contributed by atoms with E-state index in [9.17, 15) is 4.79 Å². The van der Waals surface area contributed by atoms with Crippen LogP contribution in [-0.2, 0) is 4.79 Å². The SMILES string of the molecule is COc1ccc(/C=C2/SC(=Nc3ccc(C)c(C)c3)NC2=O)cc1Cl. The highest BCUT2D eigenvalue weighted by Gasteiger charge is 2.23. The van der Waals surface area contributed by atoms with Gasteiger partial charge in [-0.2, -0.15) is 0 Å². The van der Waals surface area contributed by atoms with Gasteiger partial charge < -0.3 is 10.1 Å². The van der Waals surface area contributed by atoms with Crippen LogP contribution in [-0.4, -0.2) is 18.2 Å². The first-order valence-corrected chi connectivity index (χ1v) is 8.86. The van der Waals surface area contributed by atoms with Crippen LogP contribution in [0.4, 0.5) is 5.69 Å². The molecule has 0 spiro atoms. The summed E-state index contributed by atoms with van der Waals surface area (Å²) in [6.45, 7) is 4.09. The molecule has 1 heterocycles. The molecule has 1 fully saturated rings. The third kappa shape index (κ3) is 4.06. The number of ether oxygens (including phenoxy) is 1. The Kier molecular flexibility index (Phi) is 5.16. The Bertz CT molecular complexity index is 906. The average Bonchev–Trinajstić information content (AvgIpc) is 2.90. The first-order chi connectivity index (χ1) is 12.0. The van der Waals surface area contributed by atoms with Gasteiger partial charge in [0.1, 0.15) is 5.75 Å². The van der Waals surface area contributed by atoms with Gasteiger partial charge in [0, 0.05) is 0 Å². The molecular weight excluding hydrogens is 356 g/mol. The van der Waals surface area contributed by atoms with Crippen molar-refractivity contribution in [3.8, 4) is 5.75 Å². The van der Waals surface area contributed by atoms with Crippen molar-refractivity contribution in [1.82, 2.24) is 5.32 Å². The second-order valence-electron chi connectivity index (χ2n) is 5.64. The van der Waals surface area contributed by atoms with Crippen molar-refractivity contribution in [2.45, 2.75) is 13.8 Å². The summed E-state index contributed by atoms with van der Waals surface area (Å²) in [6, 6.07) is 11.3. The minimum atomic E-state index is -0.167. The van der Waals surface area contributed by atoms with Gasteiger partial charge in [-0.25, -0.2) is 4.99 Å². The van der Waals surface area contributed by atoms with E-state index in [4.69, 9.17) is 16.3 Å². The molecule has 0 bridgehead atoms. The Balaban J connectivity index is 1.83. The van der Waals surface area contributed by atoms with Gasteiger partial charge in [-0.1, -0.05) is 23.7 Å². The Morgan fingerprint density at radius 1 is 1.16 bits per heavy atom. The number of amidine groups is 1. The maximum atomic E-state index is 12.2. The summed E-state index contributed by atoms with van der Waals surface area (Å²) in [6.07, 6.45) is 1.79. The van der Waals surface area contributed by atoms with Gasteiger partial charge in [-0.3, -0.25) is 4.79 Å². The van der Waals surface area contributed by atoms with Crippen molar-refractivity contribution in [3.05, 3.63) is 63.0 Å². The standard InChI is InChI=1S/C19H17ClN2O2S/c1-11-4-6-14(8-12(11)2)21-19-22-18(23)17(25-19)10-13-5-7-16(24-3)15(20)9-13/h4-10H,1-3H3,(H,21,22,23)/b17-10+. The number of carbonyl (C=O) groups excluding carboxylic acids is 1. The van der Waals surface area contributed by atoms with Crippen molar-refractivity contribution < 1.29 is 9.53 Å². The molecule has 0 aliphatic carbocycles. The van der Waals surface area contributed by atoms with Gasteiger partial charge in [-0.05, 0) is 72.6 Å². The molecule has 128 valence electrons. The zero-order valence-corrected chi connectivity index (χ0v) is 15.7. The van der Waals surface area contributed by atoms with Crippen molar-refractivity contribution in [3.63, 3.8) is 0 Å². The van der Waals surface area contributed by atoms with Gasteiger partial charge in [0.15, 0.2) is 5.17 Å². The third-order valence-corrected chi connectivity index (χ3v) is 5.05. The molecule has 4 nitrogen and oxygen atoms in total. The maximum absolute atomic E-state index is 12.2. The molecule has 1 aliphatic rings. The van der Waals surface area contributed by atoms with Crippen LogP contribution >= 0.6 is 23.4 Å². The number of nitrogens with zero attached hydrogens (tertiary/aromatic N) is 1. The largest absolute Gasteiger partial charge is 0.495 e. The second-order valence-corrected chi connectivity index (χ2v) is 7.08. The minimum Gasteiger partial charge on any atom is -0.495 e. The minimum absolute atomic E-state index is 0.167. The molecule has 3 rings (SSSR count). The highest BCUT2D eigenvalue weighted by molar-refractivity contribution is 8.18. The zero-order chi connectivity index (χ0) is 18.0. The molecular formula is C19H17ClN2O2S. The Morgan fingerprint density at radius 2 is 1.96 bits per heavy atom. The molecule has 0 unspecified atom stereocenters. The molecule has 2 aromatic rings. The van der Waals surface area contributed by atoms with E-state index in [1.165, 1.54) is 22.9 Å². The Labute approximate surface area is 155 Å². The number of rotatable bonds is 3. The molecule has 0 aromatic heterocycles. The van der Waals surface area contributed by atoms with E-state index in [0.717, 1.165) is 11.3 Å². The molecule has 25 heavy (non-hydrogen) atoms. The summed E-state index contributed by atoms with van der Waals surface area (Å²) < 4.78 is 5.14. The smallest absolute Gasteiger partial charge is 0.264 e. The highest BCUT2D eigenvalue weighted by Crippen LogP contribution is 2.31. The predicted molar refractivity (Wildman–Crippen MR) is 105 cm³/mol. The highest BCUT2D eigenvalue weighted by atomic mass is 35.5. The van der Waals surface area contributed by atoms with E-state index < -0.39 is 0 Å². The fourth-order valence-corrected chi connectivity index (χ4v) is 3.42. The Morgan fingerprint density at radius 3 is 2.64 bits per heavy atom. The lowest BCUT2D eigenvalue weighted by molar-refractivity contribution is -0.115.